The summed E-state index contributed by atoms with van der Waals surface area (Å²) in [5.74, 6) is 1.17. The van der Waals surface area contributed by atoms with Crippen LogP contribution in [0.2, 0.25) is 18.6 Å². The van der Waals surface area contributed by atoms with Crippen LogP contribution in [0.4, 0.5) is 22.7 Å². The second-order valence-electron chi connectivity index (χ2n) is 11.0. The zero-order valence-electron chi connectivity index (χ0n) is 21.0. The van der Waals surface area contributed by atoms with Gasteiger partial charge in [0.25, 0.3) is 0 Å². The Labute approximate surface area is 215 Å². The smallest absolute Gasteiger partial charge is 0.160 e. The van der Waals surface area contributed by atoms with Crippen LogP contribution in [0.3, 0.4) is 0 Å². The highest BCUT2D eigenvalue weighted by Gasteiger charge is 2.50. The highest BCUT2D eigenvalue weighted by atomic mass is 28.3. The van der Waals surface area contributed by atoms with Gasteiger partial charge < -0.3 is 9.88 Å². The van der Waals surface area contributed by atoms with Gasteiger partial charge >= 0.3 is 0 Å². The fourth-order valence-electron chi connectivity index (χ4n) is 7.27. The third-order valence-electron chi connectivity index (χ3n) is 8.87. The number of nitrogens with one attached hydrogen (secondary N) is 1. The van der Waals surface area contributed by atoms with Gasteiger partial charge in [-0.25, -0.2) is 0 Å². The Morgan fingerprint density at radius 2 is 1.42 bits per heavy atom. The normalized spacial score (nSPS) is 22.4. The lowest BCUT2D eigenvalue weighted by atomic mass is 9.80. The van der Waals surface area contributed by atoms with Crippen LogP contribution in [0.25, 0.3) is 16.3 Å². The highest BCUT2D eigenvalue weighted by molar-refractivity contribution is 6.84. The number of para-hydroxylation sites is 4. The Morgan fingerprint density at radius 1 is 0.750 bits per heavy atom. The van der Waals surface area contributed by atoms with Gasteiger partial charge in [0.2, 0.25) is 0 Å². The summed E-state index contributed by atoms with van der Waals surface area (Å²) in [6, 6.07) is 33.4. The summed E-state index contributed by atoms with van der Waals surface area (Å²) >= 11 is 0. The van der Waals surface area contributed by atoms with Crippen molar-refractivity contribution in [2.24, 2.45) is 11.8 Å². The molecular formula is C33H32N2Si. The summed E-state index contributed by atoms with van der Waals surface area (Å²) in [7, 11) is -1.95. The molecule has 2 nitrogen and oxygen atoms in total. The molecular weight excluding hydrogens is 452 g/mol. The Kier molecular flexibility index (Phi) is 4.97. The van der Waals surface area contributed by atoms with Gasteiger partial charge in [-0.3, -0.25) is 0 Å². The van der Waals surface area contributed by atoms with E-state index < -0.39 is 8.24 Å². The summed E-state index contributed by atoms with van der Waals surface area (Å²) in [4.78, 5) is 0. The largest absolute Gasteiger partial charge is 0.366 e. The number of benzene rings is 4. The molecule has 178 valence electrons. The van der Waals surface area contributed by atoms with Crippen LogP contribution in [0.1, 0.15) is 18.4 Å². The van der Waals surface area contributed by atoms with Gasteiger partial charge in [0.1, 0.15) is 0 Å². The molecule has 4 aromatic carbocycles. The lowest BCUT2D eigenvalue weighted by Gasteiger charge is -2.48. The molecule has 0 amide bonds. The van der Waals surface area contributed by atoms with Crippen LogP contribution in [-0.2, 0) is 0 Å². The molecule has 0 bridgehead atoms. The monoisotopic (exact) mass is 484 g/mol. The second-order valence-corrected chi connectivity index (χ2v) is 15.5. The van der Waals surface area contributed by atoms with Gasteiger partial charge in [0, 0.05) is 0 Å². The van der Waals surface area contributed by atoms with Crippen LogP contribution < -0.4 is 9.88 Å². The fourth-order valence-corrected chi connectivity index (χ4v) is 11.4. The van der Waals surface area contributed by atoms with Gasteiger partial charge in [0.15, 0.2) is 8.24 Å². The molecule has 1 fully saturated rings. The molecule has 1 heterocycles. The predicted molar refractivity (Wildman–Crippen MR) is 157 cm³/mol. The zero-order chi connectivity index (χ0) is 24.3. The van der Waals surface area contributed by atoms with Crippen molar-refractivity contribution < 1.29 is 0 Å². The molecule has 4 aromatic rings. The van der Waals surface area contributed by atoms with Crippen LogP contribution in [0.5, 0.6) is 0 Å². The summed E-state index contributed by atoms with van der Waals surface area (Å²) < 4.78 is 2.75. The Hall–Kier alpha value is -3.56. The van der Waals surface area contributed by atoms with Crippen LogP contribution in [0, 0.1) is 11.8 Å². The molecule has 1 saturated carbocycles. The lowest BCUT2D eigenvalue weighted by molar-refractivity contribution is 0.559. The van der Waals surface area contributed by atoms with Crippen LogP contribution >= 0.6 is 0 Å². The van der Waals surface area contributed by atoms with Gasteiger partial charge in [0.05, 0.1) is 22.7 Å². The quantitative estimate of drug-likeness (QED) is 0.291. The SMILES string of the molecule is C[Si](C)(C1CC[C@@H]2C(c3cccc4ccccc34)=CC=C[C@H]12)N1c2ccccc2Nc2ccccc21. The van der Waals surface area contributed by atoms with E-state index in [-0.39, 0.29) is 0 Å². The highest BCUT2D eigenvalue weighted by Crippen LogP contribution is 2.57. The van der Waals surface area contributed by atoms with E-state index >= 15 is 0 Å². The molecule has 7 rings (SSSR count). The Balaban J connectivity index is 1.29. The van der Waals surface area contributed by atoms with Crippen molar-refractivity contribution in [1.29, 1.82) is 0 Å². The predicted octanol–water partition coefficient (Wildman–Crippen LogP) is 9.29. The minimum Gasteiger partial charge on any atom is -0.366 e. The number of hydrogen-bond donors (Lipinski definition) is 1. The number of fused-ring (bicyclic) bond motifs is 4. The van der Waals surface area contributed by atoms with E-state index in [1.54, 1.807) is 0 Å². The molecule has 0 spiro atoms. The Morgan fingerprint density at radius 3 is 2.19 bits per heavy atom. The van der Waals surface area contributed by atoms with Gasteiger partial charge in [-0.05, 0) is 76.4 Å². The van der Waals surface area contributed by atoms with E-state index in [1.807, 2.05) is 0 Å². The van der Waals surface area contributed by atoms with E-state index in [0.717, 1.165) is 0 Å². The molecule has 36 heavy (non-hydrogen) atoms. The van der Waals surface area contributed by atoms with Gasteiger partial charge in [-0.2, -0.15) is 0 Å². The molecule has 0 saturated heterocycles. The summed E-state index contributed by atoms with van der Waals surface area (Å²) in [5, 5.41) is 6.41. The van der Waals surface area contributed by atoms with Crippen LogP contribution in [-0.4, -0.2) is 8.24 Å². The summed E-state index contributed by atoms with van der Waals surface area (Å²) in [6.07, 6.45) is 9.83. The lowest BCUT2D eigenvalue weighted by Crippen LogP contribution is -2.52. The molecule has 3 aliphatic rings. The summed E-state index contributed by atoms with van der Waals surface area (Å²) in [5.41, 5.74) is 8.75. The number of hydrogen-bond acceptors (Lipinski definition) is 2. The first-order chi connectivity index (χ1) is 17.6. The van der Waals surface area contributed by atoms with Crippen molar-refractivity contribution in [3.05, 3.63) is 115 Å². The molecule has 3 heteroatoms. The Bertz CT molecular complexity index is 1480. The standard InChI is InChI=1S/C33H32N2Si/c1-36(2,35-31-19-7-5-17-29(31)34-30-18-6-8-20-32(30)35)33-22-21-27-26(15-10-16-28(27)33)25-14-9-12-23-11-3-4-13-24(23)25/h3-20,27-28,33-34H,21-22H2,1-2H3/t27-,28+,33?/m1/s1. The fraction of sp³-hybridized carbons (Fsp3) is 0.212. The van der Waals surface area contributed by atoms with Crippen LogP contribution in [0.15, 0.2) is 109 Å². The topological polar surface area (TPSA) is 15.3 Å². The van der Waals surface area contributed by atoms with E-state index in [0.29, 0.717) is 17.4 Å². The van der Waals surface area contributed by atoms with E-state index in [1.165, 1.54) is 57.5 Å². The average Bonchev–Trinajstić information content (AvgIpc) is 3.37. The third-order valence-corrected chi connectivity index (χ3v) is 13.0. The maximum Gasteiger partial charge on any atom is 0.160 e. The summed E-state index contributed by atoms with van der Waals surface area (Å²) in [6.45, 7) is 5.20. The minimum absolute atomic E-state index is 0.583. The average molecular weight is 485 g/mol. The van der Waals surface area contributed by atoms with E-state index in [4.69, 9.17) is 0 Å². The first-order valence-electron chi connectivity index (χ1n) is 13.2. The number of nitrogens with zero attached hydrogens (tertiary/aromatic N) is 1. The molecule has 1 aliphatic heterocycles. The zero-order valence-corrected chi connectivity index (χ0v) is 22.0. The van der Waals surface area contributed by atoms with Crippen molar-refractivity contribution >= 4 is 47.3 Å². The number of rotatable bonds is 3. The molecule has 0 radical (unpaired) electrons. The first kappa shape index (κ1) is 21.7. The number of allylic oxidation sites excluding steroid dienone is 4. The molecule has 1 unspecified atom stereocenters. The van der Waals surface area contributed by atoms with E-state index in [2.05, 4.69) is 132 Å². The molecule has 3 atom stereocenters. The van der Waals surface area contributed by atoms with Crippen molar-refractivity contribution in [3.63, 3.8) is 0 Å². The van der Waals surface area contributed by atoms with Gasteiger partial charge in [-0.1, -0.05) is 98.1 Å². The van der Waals surface area contributed by atoms with Crippen molar-refractivity contribution in [1.82, 2.24) is 0 Å². The molecule has 1 N–H and O–H groups in total. The van der Waals surface area contributed by atoms with Gasteiger partial charge in [-0.15, -0.1) is 0 Å². The van der Waals surface area contributed by atoms with Crippen molar-refractivity contribution in [2.45, 2.75) is 31.5 Å². The number of anilines is 4. The molecule has 0 aromatic heterocycles. The second kappa shape index (κ2) is 8.24. The first-order valence-corrected chi connectivity index (χ1v) is 16.3. The van der Waals surface area contributed by atoms with E-state index in [9.17, 15) is 0 Å². The maximum absolute atomic E-state index is 3.69. The molecule has 2 aliphatic carbocycles. The minimum atomic E-state index is -1.95. The van der Waals surface area contributed by atoms with Crippen molar-refractivity contribution in [2.75, 3.05) is 9.88 Å². The third kappa shape index (κ3) is 3.22. The van der Waals surface area contributed by atoms with Crippen molar-refractivity contribution in [3.8, 4) is 0 Å². The maximum atomic E-state index is 3.69.